The van der Waals surface area contributed by atoms with E-state index < -0.39 is 12.4 Å². The van der Waals surface area contributed by atoms with Gasteiger partial charge in [0.25, 0.3) is 6.23 Å². The summed E-state index contributed by atoms with van der Waals surface area (Å²) in [5, 5.41) is 5.54. The van der Waals surface area contributed by atoms with Crippen molar-refractivity contribution >= 4 is 19.1 Å². The van der Waals surface area contributed by atoms with Crippen molar-refractivity contribution in [1.82, 2.24) is 5.32 Å². The third-order valence-corrected chi connectivity index (χ3v) is 2.14. The molecule has 1 N–H and O–H groups in total. The zero-order valence-corrected chi connectivity index (χ0v) is 8.38. The Bertz CT molecular complexity index is 416. The summed E-state index contributed by atoms with van der Waals surface area (Å²) >= 11 is 0. The summed E-state index contributed by atoms with van der Waals surface area (Å²) in [6.07, 6.45) is -6.51. The second-order valence-corrected chi connectivity index (χ2v) is 3.48. The summed E-state index contributed by atoms with van der Waals surface area (Å²) in [6, 6.07) is 6.95. The Balaban J connectivity index is 2.12. The van der Waals surface area contributed by atoms with E-state index >= 15 is 0 Å². The first-order valence-corrected chi connectivity index (χ1v) is 4.61. The van der Waals surface area contributed by atoms with Crippen molar-refractivity contribution < 1.29 is 18.0 Å². The van der Waals surface area contributed by atoms with E-state index in [0.29, 0.717) is 5.56 Å². The second kappa shape index (κ2) is 3.73. The van der Waals surface area contributed by atoms with E-state index in [1.807, 2.05) is 7.85 Å². The number of halogens is 3. The first-order valence-electron chi connectivity index (χ1n) is 4.61. The highest BCUT2D eigenvalue weighted by molar-refractivity contribution is 6.32. The van der Waals surface area contributed by atoms with Crippen LogP contribution in [0.4, 0.5) is 13.2 Å². The molecule has 1 aromatic carbocycles. The molecule has 0 aliphatic carbocycles. The van der Waals surface area contributed by atoms with E-state index in [-0.39, 0.29) is 5.84 Å². The SMILES string of the molecule is Bc1ccc(C2=NOC(C(F)(F)F)N2)cc1. The number of amidine groups is 1. The molecule has 0 amide bonds. The number of benzene rings is 1. The molecule has 1 atom stereocenters. The van der Waals surface area contributed by atoms with Gasteiger partial charge in [0.1, 0.15) is 7.85 Å². The monoisotopic (exact) mass is 228 g/mol. The van der Waals surface area contributed by atoms with Crippen LogP contribution in [0, 0.1) is 0 Å². The topological polar surface area (TPSA) is 33.6 Å². The molecule has 0 fully saturated rings. The molecule has 0 bridgehead atoms. The van der Waals surface area contributed by atoms with Gasteiger partial charge in [0.2, 0.25) is 0 Å². The van der Waals surface area contributed by atoms with Crippen LogP contribution in [-0.4, -0.2) is 26.1 Å². The quantitative estimate of drug-likeness (QED) is 0.692. The zero-order valence-electron chi connectivity index (χ0n) is 8.38. The zero-order chi connectivity index (χ0) is 11.8. The minimum Gasteiger partial charge on any atom is -0.359 e. The molecule has 0 saturated heterocycles. The molecule has 1 unspecified atom stereocenters. The highest BCUT2D eigenvalue weighted by Crippen LogP contribution is 2.24. The summed E-state index contributed by atoms with van der Waals surface area (Å²) in [5.74, 6) is 0.0994. The van der Waals surface area contributed by atoms with Gasteiger partial charge in [-0.15, -0.1) is 0 Å². The lowest BCUT2D eigenvalue weighted by Gasteiger charge is -2.13. The highest BCUT2D eigenvalue weighted by atomic mass is 19.4. The molecule has 2 rings (SSSR count). The first kappa shape index (κ1) is 10.8. The van der Waals surface area contributed by atoms with E-state index in [2.05, 4.69) is 15.3 Å². The van der Waals surface area contributed by atoms with E-state index in [4.69, 9.17) is 0 Å². The fraction of sp³-hybridized carbons (Fsp3) is 0.222. The molecule has 1 aliphatic heterocycles. The minimum absolute atomic E-state index is 0.0994. The molecule has 84 valence electrons. The molecule has 0 aromatic heterocycles. The van der Waals surface area contributed by atoms with Crippen molar-refractivity contribution in [3.05, 3.63) is 29.8 Å². The maximum Gasteiger partial charge on any atom is 0.448 e. The van der Waals surface area contributed by atoms with Gasteiger partial charge in [0, 0.05) is 5.56 Å². The Morgan fingerprint density at radius 1 is 1.25 bits per heavy atom. The molecule has 0 radical (unpaired) electrons. The number of oxime groups is 1. The third-order valence-electron chi connectivity index (χ3n) is 2.14. The number of hydrogen-bond acceptors (Lipinski definition) is 3. The molecule has 1 aliphatic rings. The van der Waals surface area contributed by atoms with Crippen LogP contribution in [0.5, 0.6) is 0 Å². The summed E-state index contributed by atoms with van der Waals surface area (Å²) in [4.78, 5) is 4.27. The Morgan fingerprint density at radius 3 is 2.38 bits per heavy atom. The van der Waals surface area contributed by atoms with Crippen molar-refractivity contribution in [2.75, 3.05) is 0 Å². The molecular formula is C9H8BF3N2O. The van der Waals surface area contributed by atoms with Gasteiger partial charge in [-0.25, -0.2) is 0 Å². The van der Waals surface area contributed by atoms with Gasteiger partial charge in [-0.3, -0.25) is 0 Å². The molecule has 7 heteroatoms. The van der Waals surface area contributed by atoms with Gasteiger partial charge in [-0.2, -0.15) is 13.2 Å². The van der Waals surface area contributed by atoms with Crippen molar-refractivity contribution in [2.45, 2.75) is 12.4 Å². The van der Waals surface area contributed by atoms with Gasteiger partial charge in [0.05, 0.1) is 0 Å². The van der Waals surface area contributed by atoms with Crippen LogP contribution in [-0.2, 0) is 4.84 Å². The van der Waals surface area contributed by atoms with Gasteiger partial charge in [-0.1, -0.05) is 34.9 Å². The lowest BCUT2D eigenvalue weighted by atomic mass is 9.95. The van der Waals surface area contributed by atoms with Crippen LogP contribution in [0.2, 0.25) is 0 Å². The van der Waals surface area contributed by atoms with Crippen molar-refractivity contribution in [2.24, 2.45) is 5.16 Å². The second-order valence-electron chi connectivity index (χ2n) is 3.48. The van der Waals surface area contributed by atoms with Gasteiger partial charge >= 0.3 is 6.18 Å². The van der Waals surface area contributed by atoms with Crippen molar-refractivity contribution in [1.29, 1.82) is 0 Å². The molecule has 0 saturated carbocycles. The van der Waals surface area contributed by atoms with Crippen LogP contribution >= 0.6 is 0 Å². The van der Waals surface area contributed by atoms with Crippen LogP contribution in [0.1, 0.15) is 5.56 Å². The largest absolute Gasteiger partial charge is 0.448 e. The molecule has 1 aromatic rings. The standard InChI is InChI=1S/C9H8BF3N2O/c10-6-3-1-5(2-4-6)7-14-8(16-15-7)9(11,12)13/h1-4,8H,10H2,(H,14,15). The predicted octanol–water partition coefficient (Wildman–Crippen LogP) is 0.115. The van der Waals surface area contributed by atoms with E-state index in [1.165, 1.54) is 0 Å². The van der Waals surface area contributed by atoms with Gasteiger partial charge in [0.15, 0.2) is 5.84 Å². The first-order chi connectivity index (χ1) is 7.47. The summed E-state index contributed by atoms with van der Waals surface area (Å²) in [7, 11) is 1.89. The molecule has 3 nitrogen and oxygen atoms in total. The minimum atomic E-state index is -4.46. The van der Waals surface area contributed by atoms with Crippen LogP contribution in [0.25, 0.3) is 0 Å². The molecular weight excluding hydrogens is 220 g/mol. The average molecular weight is 228 g/mol. The Morgan fingerprint density at radius 2 is 1.88 bits per heavy atom. The van der Waals surface area contributed by atoms with Crippen molar-refractivity contribution in [3.8, 4) is 0 Å². The molecule has 0 spiro atoms. The molecule has 16 heavy (non-hydrogen) atoms. The maximum absolute atomic E-state index is 12.3. The van der Waals surface area contributed by atoms with Crippen LogP contribution in [0.3, 0.4) is 0 Å². The summed E-state index contributed by atoms with van der Waals surface area (Å²) < 4.78 is 36.8. The average Bonchev–Trinajstić information content (AvgIpc) is 2.67. The summed E-state index contributed by atoms with van der Waals surface area (Å²) in [5.41, 5.74) is 1.59. The summed E-state index contributed by atoms with van der Waals surface area (Å²) in [6.45, 7) is 0. The number of nitrogens with one attached hydrogen (secondary N) is 1. The lowest BCUT2D eigenvalue weighted by Crippen LogP contribution is -2.41. The van der Waals surface area contributed by atoms with Crippen LogP contribution < -0.4 is 10.8 Å². The predicted molar refractivity (Wildman–Crippen MR) is 55.2 cm³/mol. The number of hydrogen-bond donors (Lipinski definition) is 1. The Hall–Kier alpha value is -1.66. The number of nitrogens with zero attached hydrogens (tertiary/aromatic N) is 1. The number of rotatable bonds is 1. The maximum atomic E-state index is 12.3. The van der Waals surface area contributed by atoms with E-state index in [1.54, 1.807) is 24.3 Å². The Labute approximate surface area is 90.7 Å². The highest BCUT2D eigenvalue weighted by Gasteiger charge is 2.45. The van der Waals surface area contributed by atoms with E-state index in [0.717, 1.165) is 5.46 Å². The lowest BCUT2D eigenvalue weighted by molar-refractivity contribution is -0.218. The Kier molecular flexibility index (Phi) is 2.53. The van der Waals surface area contributed by atoms with Gasteiger partial charge < -0.3 is 10.2 Å². The van der Waals surface area contributed by atoms with Gasteiger partial charge in [-0.05, 0) is 0 Å². The fourth-order valence-electron chi connectivity index (χ4n) is 1.27. The molecule has 1 heterocycles. The third kappa shape index (κ3) is 2.12. The number of alkyl halides is 3. The van der Waals surface area contributed by atoms with Crippen LogP contribution in [0.15, 0.2) is 29.4 Å². The normalized spacial score (nSPS) is 19.9. The smallest absolute Gasteiger partial charge is 0.359 e. The fourth-order valence-corrected chi connectivity index (χ4v) is 1.27. The van der Waals surface area contributed by atoms with E-state index in [9.17, 15) is 13.2 Å². The van der Waals surface area contributed by atoms with Crippen molar-refractivity contribution in [3.63, 3.8) is 0 Å².